The number of carboxylic acid groups (broad SMARTS) is 1. The molecule has 0 aromatic heterocycles. The van der Waals surface area contributed by atoms with Crippen LogP contribution in [0.1, 0.15) is 12.0 Å². The van der Waals surface area contributed by atoms with Gasteiger partial charge in [-0.25, -0.2) is 0 Å². The SMILES string of the molecule is CN(CCc1cccc(Br)c1)CC(O)CC(=O)O. The minimum absolute atomic E-state index is 0.207. The smallest absolute Gasteiger partial charge is 0.306 e. The van der Waals surface area contributed by atoms with Crippen molar-refractivity contribution < 1.29 is 15.0 Å². The van der Waals surface area contributed by atoms with Crippen molar-refractivity contribution in [2.45, 2.75) is 18.9 Å². The molecular weight excluding hydrogens is 298 g/mol. The van der Waals surface area contributed by atoms with Gasteiger partial charge in [0, 0.05) is 17.6 Å². The van der Waals surface area contributed by atoms with Crippen molar-refractivity contribution in [1.82, 2.24) is 4.90 Å². The van der Waals surface area contributed by atoms with Gasteiger partial charge in [0.25, 0.3) is 0 Å². The second-order valence-electron chi connectivity index (χ2n) is 4.39. The largest absolute Gasteiger partial charge is 0.481 e. The first-order chi connectivity index (χ1) is 8.47. The molecule has 18 heavy (non-hydrogen) atoms. The minimum Gasteiger partial charge on any atom is -0.481 e. The standard InChI is InChI=1S/C13H18BrNO3/c1-15(9-12(16)8-13(17)18)6-5-10-3-2-4-11(14)7-10/h2-4,7,12,16H,5-6,8-9H2,1H3,(H,17,18). The molecule has 0 spiro atoms. The molecule has 0 bridgehead atoms. The molecule has 2 N–H and O–H groups in total. The third-order valence-corrected chi connectivity index (χ3v) is 3.10. The van der Waals surface area contributed by atoms with E-state index in [2.05, 4.69) is 22.0 Å². The molecule has 1 aromatic rings. The Morgan fingerprint density at radius 2 is 2.22 bits per heavy atom. The highest BCUT2D eigenvalue weighted by atomic mass is 79.9. The van der Waals surface area contributed by atoms with Gasteiger partial charge in [0.1, 0.15) is 0 Å². The van der Waals surface area contributed by atoms with Crippen molar-refractivity contribution in [1.29, 1.82) is 0 Å². The highest BCUT2D eigenvalue weighted by Crippen LogP contribution is 2.12. The zero-order valence-electron chi connectivity index (χ0n) is 10.3. The molecule has 0 aliphatic rings. The van der Waals surface area contributed by atoms with Crippen molar-refractivity contribution in [3.8, 4) is 0 Å². The lowest BCUT2D eigenvalue weighted by atomic mass is 10.1. The van der Waals surface area contributed by atoms with Crippen molar-refractivity contribution in [3.63, 3.8) is 0 Å². The van der Waals surface area contributed by atoms with Gasteiger partial charge >= 0.3 is 5.97 Å². The average Bonchev–Trinajstić information content (AvgIpc) is 2.25. The van der Waals surface area contributed by atoms with Gasteiger partial charge in [0.15, 0.2) is 0 Å². The lowest BCUT2D eigenvalue weighted by molar-refractivity contribution is -0.139. The zero-order valence-corrected chi connectivity index (χ0v) is 11.9. The van der Waals surface area contributed by atoms with E-state index in [1.807, 2.05) is 30.1 Å². The van der Waals surface area contributed by atoms with Gasteiger partial charge < -0.3 is 15.1 Å². The Morgan fingerprint density at radius 3 is 2.83 bits per heavy atom. The molecule has 0 radical (unpaired) electrons. The van der Waals surface area contributed by atoms with Crippen LogP contribution in [-0.2, 0) is 11.2 Å². The van der Waals surface area contributed by atoms with E-state index >= 15 is 0 Å². The van der Waals surface area contributed by atoms with Crippen LogP contribution in [0.25, 0.3) is 0 Å². The minimum atomic E-state index is -0.970. The lowest BCUT2D eigenvalue weighted by Crippen LogP contribution is -2.32. The van der Waals surface area contributed by atoms with E-state index in [1.54, 1.807) is 0 Å². The third kappa shape index (κ3) is 6.14. The molecule has 1 unspecified atom stereocenters. The molecule has 0 heterocycles. The van der Waals surface area contributed by atoms with Gasteiger partial charge in [0.2, 0.25) is 0 Å². The monoisotopic (exact) mass is 315 g/mol. The Labute approximate surface area is 115 Å². The maximum Gasteiger partial charge on any atom is 0.306 e. The molecule has 0 saturated carbocycles. The molecule has 0 fully saturated rings. The zero-order chi connectivity index (χ0) is 13.5. The average molecular weight is 316 g/mol. The number of aliphatic hydroxyl groups is 1. The number of hydrogen-bond donors (Lipinski definition) is 2. The fourth-order valence-corrected chi connectivity index (χ4v) is 2.18. The fourth-order valence-electron chi connectivity index (χ4n) is 1.73. The predicted molar refractivity (Wildman–Crippen MR) is 73.6 cm³/mol. The summed E-state index contributed by atoms with van der Waals surface area (Å²) in [4.78, 5) is 12.4. The number of halogens is 1. The van der Waals surface area contributed by atoms with Crippen molar-refractivity contribution >= 4 is 21.9 Å². The summed E-state index contributed by atoms with van der Waals surface area (Å²) in [6, 6.07) is 8.07. The number of carboxylic acids is 1. The van der Waals surface area contributed by atoms with Gasteiger partial charge in [-0.2, -0.15) is 0 Å². The summed E-state index contributed by atoms with van der Waals surface area (Å²) in [5.74, 6) is -0.970. The van der Waals surface area contributed by atoms with Crippen LogP contribution in [0.4, 0.5) is 0 Å². The number of aliphatic hydroxyl groups excluding tert-OH is 1. The van der Waals surface area contributed by atoms with Crippen LogP contribution in [0, 0.1) is 0 Å². The Bertz CT molecular complexity index is 398. The molecule has 5 heteroatoms. The Balaban J connectivity index is 2.32. The number of aliphatic carboxylic acids is 1. The summed E-state index contributed by atoms with van der Waals surface area (Å²) in [6.07, 6.45) is -0.147. The summed E-state index contributed by atoms with van der Waals surface area (Å²) in [7, 11) is 1.88. The van der Waals surface area contributed by atoms with E-state index in [-0.39, 0.29) is 6.42 Å². The third-order valence-electron chi connectivity index (χ3n) is 2.60. The molecule has 1 aromatic carbocycles. The molecule has 0 aliphatic heterocycles. The Hall–Kier alpha value is -0.910. The summed E-state index contributed by atoms with van der Waals surface area (Å²) < 4.78 is 1.05. The quantitative estimate of drug-likeness (QED) is 0.805. The number of carbonyl (C=O) groups is 1. The number of nitrogens with zero attached hydrogens (tertiary/aromatic N) is 1. The molecule has 100 valence electrons. The molecular formula is C13H18BrNO3. The van der Waals surface area contributed by atoms with Crippen LogP contribution in [0.3, 0.4) is 0 Å². The number of rotatable bonds is 7. The second kappa shape index (κ2) is 7.51. The van der Waals surface area contributed by atoms with E-state index in [0.29, 0.717) is 6.54 Å². The number of likely N-dealkylation sites (N-methyl/N-ethyl adjacent to an activating group) is 1. The number of hydrogen-bond acceptors (Lipinski definition) is 3. The second-order valence-corrected chi connectivity index (χ2v) is 5.31. The summed E-state index contributed by atoms with van der Waals surface area (Å²) in [5.41, 5.74) is 1.21. The van der Waals surface area contributed by atoms with Gasteiger partial charge in [-0.1, -0.05) is 28.1 Å². The van der Waals surface area contributed by atoms with E-state index < -0.39 is 12.1 Å². The van der Waals surface area contributed by atoms with Gasteiger partial charge in [-0.05, 0) is 31.2 Å². The maximum absolute atomic E-state index is 10.4. The van der Waals surface area contributed by atoms with Crippen molar-refractivity contribution in [2.75, 3.05) is 20.1 Å². The summed E-state index contributed by atoms with van der Waals surface area (Å²) in [6.45, 7) is 1.16. The van der Waals surface area contributed by atoms with Crippen LogP contribution in [0.5, 0.6) is 0 Å². The van der Waals surface area contributed by atoms with Crippen molar-refractivity contribution in [2.24, 2.45) is 0 Å². The molecule has 1 rings (SSSR count). The molecule has 1 atom stereocenters. The Kier molecular flexibility index (Phi) is 6.32. The van der Waals surface area contributed by atoms with E-state index in [9.17, 15) is 9.90 Å². The fraction of sp³-hybridized carbons (Fsp3) is 0.462. The van der Waals surface area contributed by atoms with Crippen LogP contribution in [0.2, 0.25) is 0 Å². The lowest BCUT2D eigenvalue weighted by Gasteiger charge is -2.19. The molecule has 4 nitrogen and oxygen atoms in total. The topological polar surface area (TPSA) is 60.8 Å². The van der Waals surface area contributed by atoms with E-state index in [4.69, 9.17) is 5.11 Å². The highest BCUT2D eigenvalue weighted by Gasteiger charge is 2.11. The van der Waals surface area contributed by atoms with Gasteiger partial charge in [-0.3, -0.25) is 4.79 Å². The van der Waals surface area contributed by atoms with Crippen molar-refractivity contribution in [3.05, 3.63) is 34.3 Å². The normalized spacial score (nSPS) is 12.7. The molecule has 0 amide bonds. The summed E-state index contributed by atoms with van der Waals surface area (Å²) in [5, 5.41) is 18.1. The number of benzene rings is 1. The first-order valence-electron chi connectivity index (χ1n) is 5.80. The molecule has 0 saturated heterocycles. The maximum atomic E-state index is 10.4. The van der Waals surface area contributed by atoms with Crippen LogP contribution in [0.15, 0.2) is 28.7 Å². The predicted octanol–water partition coefficient (Wildman–Crippen LogP) is 1.76. The highest BCUT2D eigenvalue weighted by molar-refractivity contribution is 9.10. The first-order valence-corrected chi connectivity index (χ1v) is 6.59. The van der Waals surface area contributed by atoms with Crippen LogP contribution in [-0.4, -0.2) is 47.3 Å². The van der Waals surface area contributed by atoms with Crippen LogP contribution < -0.4 is 0 Å². The first kappa shape index (κ1) is 15.1. The van der Waals surface area contributed by atoms with E-state index in [1.165, 1.54) is 5.56 Å². The van der Waals surface area contributed by atoms with Crippen LogP contribution >= 0.6 is 15.9 Å². The summed E-state index contributed by atoms with van der Waals surface area (Å²) >= 11 is 3.42. The van der Waals surface area contributed by atoms with Gasteiger partial charge in [-0.15, -0.1) is 0 Å². The molecule has 0 aliphatic carbocycles. The Morgan fingerprint density at radius 1 is 1.50 bits per heavy atom. The van der Waals surface area contributed by atoms with Gasteiger partial charge in [0.05, 0.1) is 12.5 Å². The van der Waals surface area contributed by atoms with E-state index in [0.717, 1.165) is 17.4 Å².